The van der Waals surface area contributed by atoms with Gasteiger partial charge in [-0.25, -0.2) is 0 Å². The zero-order valence-electron chi connectivity index (χ0n) is 9.74. The SMILES string of the molecule is NCC1(C2(O)CC3CCC(C2)N3)CCOC1. The maximum Gasteiger partial charge on any atom is 0.0768 e. The van der Waals surface area contributed by atoms with Crippen LogP contribution in [-0.4, -0.2) is 42.5 Å². The number of fused-ring (bicyclic) bond motifs is 2. The molecule has 4 nitrogen and oxygen atoms in total. The molecule has 0 aliphatic carbocycles. The summed E-state index contributed by atoms with van der Waals surface area (Å²) >= 11 is 0. The Bertz CT molecular complexity index is 264. The summed E-state index contributed by atoms with van der Waals surface area (Å²) in [6.45, 7) is 1.94. The van der Waals surface area contributed by atoms with E-state index in [0.29, 0.717) is 25.2 Å². The molecule has 16 heavy (non-hydrogen) atoms. The molecule has 3 atom stereocenters. The van der Waals surface area contributed by atoms with E-state index >= 15 is 0 Å². The van der Waals surface area contributed by atoms with E-state index in [4.69, 9.17) is 10.5 Å². The number of ether oxygens (including phenoxy) is 1. The van der Waals surface area contributed by atoms with Crippen LogP contribution in [0.25, 0.3) is 0 Å². The highest BCUT2D eigenvalue weighted by atomic mass is 16.5. The summed E-state index contributed by atoms with van der Waals surface area (Å²) in [5.41, 5.74) is 5.15. The Morgan fingerprint density at radius 2 is 2.00 bits per heavy atom. The van der Waals surface area contributed by atoms with Crippen molar-refractivity contribution in [2.75, 3.05) is 19.8 Å². The second kappa shape index (κ2) is 3.67. The fourth-order valence-electron chi connectivity index (χ4n) is 3.88. The molecule has 0 aromatic rings. The lowest BCUT2D eigenvalue weighted by atomic mass is 9.65. The summed E-state index contributed by atoms with van der Waals surface area (Å²) in [7, 11) is 0. The Kier molecular flexibility index (Phi) is 2.51. The summed E-state index contributed by atoms with van der Waals surface area (Å²) in [4.78, 5) is 0. The quantitative estimate of drug-likeness (QED) is 0.620. The Morgan fingerprint density at radius 1 is 1.31 bits per heavy atom. The van der Waals surface area contributed by atoms with Crippen LogP contribution in [-0.2, 0) is 4.74 Å². The summed E-state index contributed by atoms with van der Waals surface area (Å²) < 4.78 is 5.50. The highest BCUT2D eigenvalue weighted by molar-refractivity contribution is 5.10. The van der Waals surface area contributed by atoms with Crippen LogP contribution in [0.1, 0.15) is 32.1 Å². The molecule has 3 saturated heterocycles. The zero-order valence-corrected chi connectivity index (χ0v) is 9.74. The third-order valence-corrected chi connectivity index (χ3v) is 4.98. The predicted molar refractivity (Wildman–Crippen MR) is 61.1 cm³/mol. The van der Waals surface area contributed by atoms with E-state index in [1.54, 1.807) is 0 Å². The van der Waals surface area contributed by atoms with E-state index in [1.165, 1.54) is 12.8 Å². The average Bonchev–Trinajstić information content (AvgIpc) is 2.86. The van der Waals surface area contributed by atoms with E-state index in [9.17, 15) is 5.11 Å². The van der Waals surface area contributed by atoms with Crippen molar-refractivity contribution in [3.05, 3.63) is 0 Å². The Balaban J connectivity index is 1.86. The molecule has 3 aliphatic rings. The third kappa shape index (κ3) is 1.44. The van der Waals surface area contributed by atoms with Crippen molar-refractivity contribution in [3.63, 3.8) is 0 Å². The zero-order chi connectivity index (χ0) is 11.2. The van der Waals surface area contributed by atoms with Crippen LogP contribution in [0.4, 0.5) is 0 Å². The molecule has 4 N–H and O–H groups in total. The molecule has 0 amide bonds. The molecule has 3 rings (SSSR count). The van der Waals surface area contributed by atoms with Crippen LogP contribution in [0.3, 0.4) is 0 Å². The topological polar surface area (TPSA) is 67.5 Å². The van der Waals surface area contributed by atoms with Crippen molar-refractivity contribution in [1.82, 2.24) is 5.32 Å². The summed E-state index contributed by atoms with van der Waals surface area (Å²) in [5, 5.41) is 14.6. The number of rotatable bonds is 2. The monoisotopic (exact) mass is 226 g/mol. The molecule has 3 heterocycles. The van der Waals surface area contributed by atoms with Crippen molar-refractivity contribution >= 4 is 0 Å². The second-order valence-corrected chi connectivity index (χ2v) is 5.86. The predicted octanol–water partition coefficient (Wildman–Crippen LogP) is -0.00270. The minimum atomic E-state index is -0.602. The molecule has 3 fully saturated rings. The largest absolute Gasteiger partial charge is 0.389 e. The van der Waals surface area contributed by atoms with E-state index in [2.05, 4.69) is 5.32 Å². The smallest absolute Gasteiger partial charge is 0.0768 e. The van der Waals surface area contributed by atoms with Gasteiger partial charge in [0.25, 0.3) is 0 Å². The molecular weight excluding hydrogens is 204 g/mol. The number of nitrogens with two attached hydrogens (primary N) is 1. The first-order valence-corrected chi connectivity index (χ1v) is 6.44. The van der Waals surface area contributed by atoms with Gasteiger partial charge in [-0.1, -0.05) is 0 Å². The van der Waals surface area contributed by atoms with Gasteiger partial charge in [0, 0.05) is 30.7 Å². The Hall–Kier alpha value is -0.160. The van der Waals surface area contributed by atoms with Crippen molar-refractivity contribution in [3.8, 4) is 0 Å². The number of hydrogen-bond acceptors (Lipinski definition) is 4. The van der Waals surface area contributed by atoms with Crippen molar-refractivity contribution in [2.24, 2.45) is 11.1 Å². The van der Waals surface area contributed by atoms with Crippen molar-refractivity contribution < 1.29 is 9.84 Å². The Labute approximate surface area is 96.5 Å². The van der Waals surface area contributed by atoms with Gasteiger partial charge in [-0.2, -0.15) is 0 Å². The minimum absolute atomic E-state index is 0.185. The normalized spacial score (nSPS) is 52.1. The van der Waals surface area contributed by atoms with Crippen LogP contribution >= 0.6 is 0 Å². The van der Waals surface area contributed by atoms with E-state index in [-0.39, 0.29) is 5.41 Å². The third-order valence-electron chi connectivity index (χ3n) is 4.98. The lowest BCUT2D eigenvalue weighted by molar-refractivity contribution is -0.112. The molecule has 3 unspecified atom stereocenters. The lowest BCUT2D eigenvalue weighted by Gasteiger charge is -2.48. The second-order valence-electron chi connectivity index (χ2n) is 5.86. The molecule has 0 spiro atoms. The number of nitrogens with one attached hydrogen (secondary N) is 1. The molecule has 3 aliphatic heterocycles. The molecular formula is C12H22N2O2. The van der Waals surface area contributed by atoms with Gasteiger partial charge in [0.2, 0.25) is 0 Å². The van der Waals surface area contributed by atoms with E-state index < -0.39 is 5.60 Å². The molecule has 0 saturated carbocycles. The molecule has 0 aromatic carbocycles. The fraction of sp³-hybridized carbons (Fsp3) is 1.00. The van der Waals surface area contributed by atoms with Gasteiger partial charge in [-0.3, -0.25) is 0 Å². The van der Waals surface area contributed by atoms with Gasteiger partial charge in [0.15, 0.2) is 0 Å². The van der Waals surface area contributed by atoms with E-state index in [0.717, 1.165) is 25.9 Å². The number of hydrogen-bond donors (Lipinski definition) is 3. The maximum absolute atomic E-state index is 11.0. The van der Waals surface area contributed by atoms with Gasteiger partial charge >= 0.3 is 0 Å². The minimum Gasteiger partial charge on any atom is -0.389 e. The van der Waals surface area contributed by atoms with E-state index in [1.807, 2.05) is 0 Å². The number of aliphatic hydroxyl groups is 1. The summed E-state index contributed by atoms with van der Waals surface area (Å²) in [6, 6.07) is 0.987. The van der Waals surface area contributed by atoms with Gasteiger partial charge in [-0.15, -0.1) is 0 Å². The van der Waals surface area contributed by atoms with Crippen molar-refractivity contribution in [1.29, 1.82) is 0 Å². The molecule has 92 valence electrons. The molecule has 4 heteroatoms. The molecule has 0 radical (unpaired) electrons. The van der Waals surface area contributed by atoms with Gasteiger partial charge in [-0.05, 0) is 32.1 Å². The highest BCUT2D eigenvalue weighted by Crippen LogP contribution is 2.48. The van der Waals surface area contributed by atoms with Gasteiger partial charge in [0.05, 0.1) is 12.2 Å². The molecule has 2 bridgehead atoms. The molecule has 0 aromatic heterocycles. The number of piperidine rings is 1. The van der Waals surface area contributed by atoms with Crippen LogP contribution in [0, 0.1) is 5.41 Å². The van der Waals surface area contributed by atoms with Gasteiger partial charge in [0.1, 0.15) is 0 Å². The maximum atomic E-state index is 11.0. The first kappa shape index (κ1) is 11.0. The summed E-state index contributed by atoms with van der Waals surface area (Å²) in [6.07, 6.45) is 5.02. The first-order valence-electron chi connectivity index (χ1n) is 6.44. The highest BCUT2D eigenvalue weighted by Gasteiger charge is 2.56. The van der Waals surface area contributed by atoms with Crippen LogP contribution in [0.5, 0.6) is 0 Å². The summed E-state index contributed by atoms with van der Waals surface area (Å²) in [5.74, 6) is 0. The fourth-order valence-corrected chi connectivity index (χ4v) is 3.88. The van der Waals surface area contributed by atoms with Crippen LogP contribution in [0.15, 0.2) is 0 Å². The van der Waals surface area contributed by atoms with Gasteiger partial charge < -0.3 is 20.9 Å². The average molecular weight is 226 g/mol. The van der Waals surface area contributed by atoms with Crippen LogP contribution < -0.4 is 11.1 Å². The van der Waals surface area contributed by atoms with Crippen molar-refractivity contribution in [2.45, 2.75) is 49.8 Å². The standard InChI is InChI=1S/C12H22N2O2/c13-7-11(3-4-16-8-11)12(15)5-9-1-2-10(6-12)14-9/h9-10,14-15H,1-8,13H2. The first-order chi connectivity index (χ1) is 7.67. The van der Waals surface area contributed by atoms with Crippen LogP contribution in [0.2, 0.25) is 0 Å². The lowest BCUT2D eigenvalue weighted by Crippen LogP contribution is -2.60. The Morgan fingerprint density at radius 3 is 2.50 bits per heavy atom.